The molecule has 1 aromatic carbocycles. The lowest BCUT2D eigenvalue weighted by Gasteiger charge is -2.46. The lowest BCUT2D eigenvalue weighted by molar-refractivity contribution is -0.159. The van der Waals surface area contributed by atoms with Crippen molar-refractivity contribution in [2.24, 2.45) is 0 Å². The van der Waals surface area contributed by atoms with Crippen LogP contribution in [-0.2, 0) is 9.47 Å². The Hall–Kier alpha value is -1.62. The minimum atomic E-state index is -0.552. The summed E-state index contributed by atoms with van der Waals surface area (Å²) in [6.07, 6.45) is 4.47. The summed E-state index contributed by atoms with van der Waals surface area (Å²) >= 11 is 0. The summed E-state index contributed by atoms with van der Waals surface area (Å²) in [4.78, 5) is 12.1. The fraction of sp³-hybridized carbons (Fsp3) is 0.533. The van der Waals surface area contributed by atoms with Crippen LogP contribution in [0.15, 0.2) is 18.2 Å². The van der Waals surface area contributed by atoms with Crippen LogP contribution in [0.2, 0.25) is 0 Å². The van der Waals surface area contributed by atoms with Gasteiger partial charge in [0.2, 0.25) is 0 Å². The van der Waals surface area contributed by atoms with Crippen LogP contribution in [0.4, 0.5) is 10.1 Å². The molecule has 0 radical (unpaired) electrons. The van der Waals surface area contributed by atoms with Gasteiger partial charge in [0.15, 0.2) is 0 Å². The summed E-state index contributed by atoms with van der Waals surface area (Å²) in [5, 5.41) is 0. The van der Waals surface area contributed by atoms with Crippen LogP contribution in [0.3, 0.4) is 0 Å². The number of esters is 1. The number of nitrogens with two attached hydrogens (primary N) is 1. The second-order valence-electron chi connectivity index (χ2n) is 5.64. The molecule has 1 spiro atoms. The van der Waals surface area contributed by atoms with Crippen molar-refractivity contribution in [1.29, 1.82) is 0 Å². The number of halogens is 1. The Morgan fingerprint density at radius 2 is 2.25 bits per heavy atom. The Bertz CT molecular complexity index is 528. The van der Waals surface area contributed by atoms with Gasteiger partial charge in [-0.3, -0.25) is 0 Å². The number of nitrogen functional groups attached to an aromatic ring is 1. The first kappa shape index (κ1) is 13.4. The molecule has 1 aromatic rings. The third-order valence-electron chi connectivity index (χ3n) is 4.22. The molecule has 0 bridgehead atoms. The third-order valence-corrected chi connectivity index (χ3v) is 4.22. The normalized spacial score (nSPS) is 24.1. The SMILES string of the molecule is Nc1ccc(F)cc1C(=O)OC1CCOC2(CCC2)C1. The first-order valence-electron chi connectivity index (χ1n) is 6.98. The fourth-order valence-corrected chi connectivity index (χ4v) is 2.92. The van der Waals surface area contributed by atoms with Gasteiger partial charge in [-0.15, -0.1) is 0 Å². The van der Waals surface area contributed by atoms with Crippen LogP contribution in [0, 0.1) is 5.82 Å². The average molecular weight is 279 g/mol. The molecule has 1 saturated carbocycles. The van der Waals surface area contributed by atoms with E-state index in [9.17, 15) is 9.18 Å². The molecule has 108 valence electrons. The van der Waals surface area contributed by atoms with Gasteiger partial charge in [-0.05, 0) is 37.5 Å². The van der Waals surface area contributed by atoms with Crippen LogP contribution in [0.1, 0.15) is 42.5 Å². The summed E-state index contributed by atoms with van der Waals surface area (Å²) in [6, 6.07) is 3.73. The molecule has 5 heteroatoms. The highest BCUT2D eigenvalue weighted by Crippen LogP contribution is 2.43. The van der Waals surface area contributed by atoms with Gasteiger partial charge in [-0.25, -0.2) is 9.18 Å². The van der Waals surface area contributed by atoms with Crippen molar-refractivity contribution >= 4 is 11.7 Å². The van der Waals surface area contributed by atoms with E-state index < -0.39 is 11.8 Å². The number of benzene rings is 1. The van der Waals surface area contributed by atoms with Crippen LogP contribution >= 0.6 is 0 Å². The molecule has 1 saturated heterocycles. The maximum absolute atomic E-state index is 13.2. The number of hydrogen-bond donors (Lipinski definition) is 1. The van der Waals surface area contributed by atoms with Crippen molar-refractivity contribution in [3.63, 3.8) is 0 Å². The van der Waals surface area contributed by atoms with Gasteiger partial charge in [0.05, 0.1) is 17.8 Å². The van der Waals surface area contributed by atoms with Crippen molar-refractivity contribution < 1.29 is 18.7 Å². The number of anilines is 1. The summed E-state index contributed by atoms with van der Waals surface area (Å²) in [5.74, 6) is -1.04. The standard InChI is InChI=1S/C15H18FNO3/c16-10-2-3-13(17)12(8-10)14(18)20-11-4-7-19-15(9-11)5-1-6-15/h2-3,8,11H,1,4-7,9,17H2. The molecule has 1 unspecified atom stereocenters. The van der Waals surface area contributed by atoms with Crippen LogP contribution in [-0.4, -0.2) is 24.3 Å². The van der Waals surface area contributed by atoms with E-state index in [1.807, 2.05) is 0 Å². The first-order chi connectivity index (χ1) is 9.58. The van der Waals surface area contributed by atoms with Crippen LogP contribution < -0.4 is 5.73 Å². The molecule has 4 nitrogen and oxygen atoms in total. The Morgan fingerprint density at radius 3 is 2.95 bits per heavy atom. The van der Waals surface area contributed by atoms with E-state index >= 15 is 0 Å². The summed E-state index contributed by atoms with van der Waals surface area (Å²) in [5.41, 5.74) is 5.94. The molecule has 0 aromatic heterocycles. The second-order valence-corrected chi connectivity index (χ2v) is 5.64. The predicted molar refractivity (Wildman–Crippen MR) is 71.8 cm³/mol. The van der Waals surface area contributed by atoms with E-state index in [0.29, 0.717) is 13.0 Å². The number of ether oxygens (including phenoxy) is 2. The third kappa shape index (κ3) is 2.50. The van der Waals surface area contributed by atoms with Gasteiger partial charge in [0, 0.05) is 18.5 Å². The average Bonchev–Trinajstić information content (AvgIpc) is 2.40. The Balaban J connectivity index is 1.67. The van der Waals surface area contributed by atoms with Crippen molar-refractivity contribution in [1.82, 2.24) is 0 Å². The molecular formula is C15H18FNO3. The lowest BCUT2D eigenvalue weighted by atomic mass is 9.74. The zero-order valence-electron chi connectivity index (χ0n) is 11.2. The molecule has 2 N–H and O–H groups in total. The predicted octanol–water partition coefficient (Wildman–Crippen LogP) is 2.67. The highest BCUT2D eigenvalue weighted by Gasteiger charge is 2.43. The van der Waals surface area contributed by atoms with Crippen molar-refractivity contribution in [2.75, 3.05) is 12.3 Å². The number of carbonyl (C=O) groups is 1. The molecular weight excluding hydrogens is 261 g/mol. The lowest BCUT2D eigenvalue weighted by Crippen LogP contribution is -2.48. The van der Waals surface area contributed by atoms with Gasteiger partial charge in [0.1, 0.15) is 11.9 Å². The zero-order valence-corrected chi connectivity index (χ0v) is 11.2. The molecule has 1 atom stereocenters. The fourth-order valence-electron chi connectivity index (χ4n) is 2.92. The Morgan fingerprint density at radius 1 is 1.45 bits per heavy atom. The zero-order chi connectivity index (χ0) is 14.2. The van der Waals surface area contributed by atoms with Gasteiger partial charge in [0.25, 0.3) is 0 Å². The van der Waals surface area contributed by atoms with Crippen molar-refractivity contribution in [2.45, 2.75) is 43.8 Å². The van der Waals surface area contributed by atoms with E-state index in [2.05, 4.69) is 0 Å². The summed E-state index contributed by atoms with van der Waals surface area (Å²) < 4.78 is 24.5. The largest absolute Gasteiger partial charge is 0.459 e. The minimum absolute atomic E-state index is 0.0866. The van der Waals surface area contributed by atoms with E-state index in [1.165, 1.54) is 12.1 Å². The van der Waals surface area contributed by atoms with Crippen molar-refractivity contribution in [3.8, 4) is 0 Å². The first-order valence-corrected chi connectivity index (χ1v) is 6.98. The van der Waals surface area contributed by atoms with Crippen LogP contribution in [0.5, 0.6) is 0 Å². The molecule has 2 aliphatic rings. The quantitative estimate of drug-likeness (QED) is 0.668. The second kappa shape index (κ2) is 5.05. The number of rotatable bonds is 2. The molecule has 2 fully saturated rings. The minimum Gasteiger partial charge on any atom is -0.459 e. The molecule has 1 aliphatic carbocycles. The topological polar surface area (TPSA) is 61.6 Å². The van der Waals surface area contributed by atoms with E-state index in [-0.39, 0.29) is 23.0 Å². The monoisotopic (exact) mass is 279 g/mol. The highest BCUT2D eigenvalue weighted by molar-refractivity contribution is 5.95. The molecule has 0 amide bonds. The number of carbonyl (C=O) groups excluding carboxylic acids is 1. The van der Waals surface area contributed by atoms with E-state index in [4.69, 9.17) is 15.2 Å². The molecule has 1 heterocycles. The highest BCUT2D eigenvalue weighted by atomic mass is 19.1. The smallest absolute Gasteiger partial charge is 0.340 e. The summed E-state index contributed by atoms with van der Waals surface area (Å²) in [7, 11) is 0. The maximum Gasteiger partial charge on any atom is 0.340 e. The molecule has 20 heavy (non-hydrogen) atoms. The van der Waals surface area contributed by atoms with Gasteiger partial charge in [-0.1, -0.05) is 0 Å². The van der Waals surface area contributed by atoms with Crippen molar-refractivity contribution in [3.05, 3.63) is 29.6 Å². The van der Waals surface area contributed by atoms with Gasteiger partial charge < -0.3 is 15.2 Å². The van der Waals surface area contributed by atoms with Gasteiger partial charge >= 0.3 is 5.97 Å². The van der Waals surface area contributed by atoms with E-state index in [0.717, 1.165) is 31.7 Å². The molecule has 1 aliphatic heterocycles. The van der Waals surface area contributed by atoms with E-state index in [1.54, 1.807) is 0 Å². The van der Waals surface area contributed by atoms with Gasteiger partial charge in [-0.2, -0.15) is 0 Å². The van der Waals surface area contributed by atoms with Crippen LogP contribution in [0.25, 0.3) is 0 Å². The Kier molecular flexibility index (Phi) is 3.38. The number of hydrogen-bond acceptors (Lipinski definition) is 4. The maximum atomic E-state index is 13.2. The Labute approximate surface area is 117 Å². The summed E-state index contributed by atoms with van der Waals surface area (Å²) in [6.45, 7) is 0.608. The molecule has 3 rings (SSSR count).